The minimum absolute atomic E-state index is 0.0613. The summed E-state index contributed by atoms with van der Waals surface area (Å²) >= 11 is 1.76. The number of amides is 1. The summed E-state index contributed by atoms with van der Waals surface area (Å²) < 4.78 is 0. The number of carbonyl (C=O) groups excluding carboxylic acids is 1. The van der Waals surface area contributed by atoms with Gasteiger partial charge in [0.25, 0.3) is 0 Å². The van der Waals surface area contributed by atoms with Crippen molar-refractivity contribution >= 4 is 17.7 Å². The van der Waals surface area contributed by atoms with Crippen molar-refractivity contribution in [3.05, 3.63) is 35.4 Å². The molecule has 0 bridgehead atoms. The fourth-order valence-electron chi connectivity index (χ4n) is 2.38. The van der Waals surface area contributed by atoms with Crippen molar-refractivity contribution in [3.63, 3.8) is 0 Å². The number of nitrogens with zero attached hydrogens (tertiary/aromatic N) is 1. The van der Waals surface area contributed by atoms with Gasteiger partial charge in [-0.25, -0.2) is 0 Å². The summed E-state index contributed by atoms with van der Waals surface area (Å²) in [6.07, 6.45) is 0. The van der Waals surface area contributed by atoms with E-state index < -0.39 is 0 Å². The lowest BCUT2D eigenvalue weighted by atomic mass is 10.1. The lowest BCUT2D eigenvalue weighted by molar-refractivity contribution is -0.129. The Labute approximate surface area is 119 Å². The third-order valence-corrected chi connectivity index (χ3v) is 4.86. The molecule has 2 atom stereocenters. The maximum Gasteiger partial charge on any atom is 0.236 e. The van der Waals surface area contributed by atoms with Gasteiger partial charge in [0.2, 0.25) is 5.91 Å². The number of hydrogen-bond acceptors (Lipinski definition) is 3. The molecule has 0 aliphatic carbocycles. The van der Waals surface area contributed by atoms with Gasteiger partial charge in [-0.15, -0.1) is 11.8 Å². The molecule has 1 fully saturated rings. The minimum Gasteiger partial charge on any atom is -0.324 e. The van der Waals surface area contributed by atoms with Gasteiger partial charge in [0.15, 0.2) is 0 Å². The number of benzene rings is 1. The van der Waals surface area contributed by atoms with Crippen LogP contribution in [0.4, 0.5) is 0 Å². The van der Waals surface area contributed by atoms with Crippen molar-refractivity contribution in [2.24, 2.45) is 0 Å². The molecule has 1 aromatic carbocycles. The third-order valence-electron chi connectivity index (χ3n) is 3.48. The van der Waals surface area contributed by atoms with Gasteiger partial charge in [-0.3, -0.25) is 4.79 Å². The van der Waals surface area contributed by atoms with Gasteiger partial charge in [0, 0.05) is 13.1 Å². The Hall–Kier alpha value is -1.00. The van der Waals surface area contributed by atoms with E-state index in [0.29, 0.717) is 0 Å². The van der Waals surface area contributed by atoms with Crippen LogP contribution >= 0.6 is 11.8 Å². The molecule has 0 spiro atoms. The molecule has 3 nitrogen and oxygen atoms in total. The van der Waals surface area contributed by atoms with Gasteiger partial charge in [-0.2, -0.15) is 0 Å². The van der Waals surface area contributed by atoms with Crippen LogP contribution < -0.4 is 5.32 Å². The van der Waals surface area contributed by atoms with Crippen LogP contribution in [0.2, 0.25) is 0 Å². The summed E-state index contributed by atoms with van der Waals surface area (Å²) in [5.41, 5.74) is 2.53. The Morgan fingerprint density at radius 3 is 2.79 bits per heavy atom. The molecule has 1 saturated heterocycles. The maximum atomic E-state index is 12.3. The topological polar surface area (TPSA) is 32.3 Å². The molecule has 1 aliphatic rings. The number of likely N-dealkylation sites (N-methyl/N-ethyl adjacent to an activating group) is 1. The molecule has 1 aromatic rings. The number of aryl methyl sites for hydroxylation is 1. The van der Waals surface area contributed by atoms with E-state index in [1.165, 1.54) is 11.1 Å². The highest BCUT2D eigenvalue weighted by atomic mass is 32.2. The first-order valence-corrected chi connectivity index (χ1v) is 7.81. The molecule has 1 heterocycles. The Morgan fingerprint density at radius 2 is 2.11 bits per heavy atom. The molecular formula is C15H22N2OS. The van der Waals surface area contributed by atoms with Crippen LogP contribution in [-0.2, 0) is 4.79 Å². The zero-order valence-corrected chi connectivity index (χ0v) is 12.7. The zero-order valence-electron chi connectivity index (χ0n) is 11.8. The molecular weight excluding hydrogens is 256 g/mol. The molecule has 1 amide bonds. The van der Waals surface area contributed by atoms with Crippen LogP contribution in [0.5, 0.6) is 0 Å². The van der Waals surface area contributed by atoms with Crippen molar-refractivity contribution in [2.45, 2.75) is 31.4 Å². The fourth-order valence-corrected chi connectivity index (χ4v) is 3.79. The zero-order chi connectivity index (χ0) is 13.8. The van der Waals surface area contributed by atoms with Crippen molar-refractivity contribution in [2.75, 3.05) is 19.6 Å². The molecule has 0 radical (unpaired) electrons. The fraction of sp³-hybridized carbons (Fsp3) is 0.533. The summed E-state index contributed by atoms with van der Waals surface area (Å²) in [6, 6.07) is 8.36. The van der Waals surface area contributed by atoms with Crippen LogP contribution in [0.1, 0.15) is 30.3 Å². The average Bonchev–Trinajstić information content (AvgIpc) is 2.68. The monoisotopic (exact) mass is 278 g/mol. The quantitative estimate of drug-likeness (QED) is 0.840. The van der Waals surface area contributed by atoms with Crippen molar-refractivity contribution in [3.8, 4) is 0 Å². The first-order chi connectivity index (χ1) is 9.15. The summed E-state index contributed by atoms with van der Waals surface area (Å²) in [7, 11) is 0. The molecule has 0 aromatic heterocycles. The van der Waals surface area contributed by atoms with E-state index in [1.54, 1.807) is 11.8 Å². The molecule has 2 rings (SSSR count). The SMILES string of the molecule is CCNCCN1C(=O)C(C)SC1c1ccccc1C. The van der Waals surface area contributed by atoms with Gasteiger partial charge in [-0.1, -0.05) is 31.2 Å². The van der Waals surface area contributed by atoms with Gasteiger partial charge < -0.3 is 10.2 Å². The molecule has 1 aliphatic heterocycles. The van der Waals surface area contributed by atoms with Crippen LogP contribution in [0.3, 0.4) is 0 Å². The maximum absolute atomic E-state index is 12.3. The smallest absolute Gasteiger partial charge is 0.236 e. The second kappa shape index (κ2) is 6.44. The van der Waals surface area contributed by atoms with E-state index >= 15 is 0 Å². The molecule has 0 saturated carbocycles. The summed E-state index contributed by atoms with van der Waals surface area (Å²) in [5, 5.41) is 3.52. The molecule has 104 valence electrons. The van der Waals surface area contributed by atoms with Crippen molar-refractivity contribution in [1.82, 2.24) is 10.2 Å². The van der Waals surface area contributed by atoms with Crippen LogP contribution in [-0.4, -0.2) is 35.7 Å². The molecule has 19 heavy (non-hydrogen) atoms. The first-order valence-electron chi connectivity index (χ1n) is 6.87. The second-order valence-electron chi connectivity index (χ2n) is 4.87. The van der Waals surface area contributed by atoms with E-state index in [-0.39, 0.29) is 16.5 Å². The highest BCUT2D eigenvalue weighted by Crippen LogP contribution is 2.43. The third kappa shape index (κ3) is 3.12. The van der Waals surface area contributed by atoms with Gasteiger partial charge in [-0.05, 0) is 31.5 Å². The van der Waals surface area contributed by atoms with Crippen LogP contribution in [0.15, 0.2) is 24.3 Å². The minimum atomic E-state index is 0.0613. The number of thioether (sulfide) groups is 1. The van der Waals surface area contributed by atoms with Crippen molar-refractivity contribution < 1.29 is 4.79 Å². The van der Waals surface area contributed by atoms with E-state index in [0.717, 1.165) is 19.6 Å². The molecule has 2 unspecified atom stereocenters. The highest BCUT2D eigenvalue weighted by Gasteiger charge is 2.38. The van der Waals surface area contributed by atoms with Crippen LogP contribution in [0, 0.1) is 6.92 Å². The largest absolute Gasteiger partial charge is 0.324 e. The van der Waals surface area contributed by atoms with E-state index in [2.05, 4.69) is 37.4 Å². The van der Waals surface area contributed by atoms with E-state index in [9.17, 15) is 4.79 Å². The normalized spacial score (nSPS) is 23.1. The predicted molar refractivity (Wildman–Crippen MR) is 81.2 cm³/mol. The Kier molecular flexibility index (Phi) is 4.88. The van der Waals surface area contributed by atoms with Gasteiger partial charge >= 0.3 is 0 Å². The second-order valence-corrected chi connectivity index (χ2v) is 6.30. The summed E-state index contributed by atoms with van der Waals surface area (Å²) in [5.74, 6) is 0.260. The lowest BCUT2D eigenvalue weighted by Gasteiger charge is -2.25. The Morgan fingerprint density at radius 1 is 1.37 bits per heavy atom. The predicted octanol–water partition coefficient (Wildman–Crippen LogP) is 2.57. The number of hydrogen-bond donors (Lipinski definition) is 1. The summed E-state index contributed by atoms with van der Waals surface area (Å²) in [6.45, 7) is 8.79. The Balaban J connectivity index is 2.17. The highest BCUT2D eigenvalue weighted by molar-refractivity contribution is 8.01. The average molecular weight is 278 g/mol. The first kappa shape index (κ1) is 14.4. The summed E-state index contributed by atoms with van der Waals surface area (Å²) in [4.78, 5) is 14.3. The van der Waals surface area contributed by atoms with E-state index in [1.807, 2.05) is 17.9 Å². The number of nitrogens with one attached hydrogen (secondary N) is 1. The molecule has 1 N–H and O–H groups in total. The van der Waals surface area contributed by atoms with E-state index in [4.69, 9.17) is 0 Å². The number of rotatable bonds is 5. The van der Waals surface area contributed by atoms with Gasteiger partial charge in [0.1, 0.15) is 5.37 Å². The number of carbonyl (C=O) groups is 1. The van der Waals surface area contributed by atoms with Gasteiger partial charge in [0.05, 0.1) is 5.25 Å². The standard InChI is InChI=1S/C15H22N2OS/c1-4-16-9-10-17-14(18)12(3)19-15(17)13-8-6-5-7-11(13)2/h5-8,12,15-16H,4,9-10H2,1-3H3. The Bertz CT molecular complexity index is 450. The van der Waals surface area contributed by atoms with Crippen molar-refractivity contribution in [1.29, 1.82) is 0 Å². The van der Waals surface area contributed by atoms with Crippen LogP contribution in [0.25, 0.3) is 0 Å². The lowest BCUT2D eigenvalue weighted by Crippen LogP contribution is -2.36. The molecule has 4 heteroatoms.